The molecule has 1 unspecified atom stereocenters. The second-order valence-corrected chi connectivity index (χ2v) is 9.15. The van der Waals surface area contributed by atoms with Crippen LogP contribution in [0.4, 0.5) is 20.6 Å². The highest BCUT2D eigenvalue weighted by atomic mass is 35.5. The zero-order valence-electron chi connectivity index (χ0n) is 18.6. The molecule has 3 rings (SSSR count). The highest BCUT2D eigenvalue weighted by Gasteiger charge is 2.20. The van der Waals surface area contributed by atoms with Gasteiger partial charge in [-0.2, -0.15) is 0 Å². The lowest BCUT2D eigenvalue weighted by Crippen LogP contribution is -2.21. The maximum Gasteiger partial charge on any atom is 0.411 e. The minimum absolute atomic E-state index is 0.0601. The van der Waals surface area contributed by atoms with Crippen LogP contribution < -0.4 is 10.6 Å². The minimum Gasteiger partial charge on any atom is -0.480 e. The molecule has 1 atom stereocenters. The van der Waals surface area contributed by atoms with Crippen molar-refractivity contribution in [3.8, 4) is 0 Å². The van der Waals surface area contributed by atoms with Gasteiger partial charge in [-0.05, 0) is 73.2 Å². The molecule has 0 fully saturated rings. The van der Waals surface area contributed by atoms with Gasteiger partial charge < -0.3 is 15.2 Å². The molecular weight excluding hydrogens is 495 g/mol. The zero-order chi connectivity index (χ0) is 25.4. The van der Waals surface area contributed by atoms with E-state index < -0.39 is 23.1 Å². The van der Waals surface area contributed by atoms with Gasteiger partial charge in [-0.1, -0.05) is 17.7 Å². The van der Waals surface area contributed by atoms with E-state index in [1.54, 1.807) is 55.5 Å². The summed E-state index contributed by atoms with van der Waals surface area (Å²) < 4.78 is 18.4. The molecule has 0 saturated carbocycles. The van der Waals surface area contributed by atoms with Crippen LogP contribution >= 0.6 is 23.4 Å². The summed E-state index contributed by atoms with van der Waals surface area (Å²) >= 11 is 6.93. The fraction of sp³-hybridized carbons (Fsp3) is 0.160. The molecule has 35 heavy (non-hydrogen) atoms. The first-order chi connectivity index (χ1) is 16.7. The van der Waals surface area contributed by atoms with Crippen molar-refractivity contribution < 1.29 is 28.6 Å². The maximum absolute atomic E-state index is 13.3. The summed E-state index contributed by atoms with van der Waals surface area (Å²) in [5.41, 5.74) is 1.95. The molecule has 0 saturated heterocycles. The van der Waals surface area contributed by atoms with E-state index in [0.717, 1.165) is 11.8 Å². The van der Waals surface area contributed by atoms with Crippen molar-refractivity contribution in [3.63, 3.8) is 0 Å². The first kappa shape index (κ1) is 26.1. The molecule has 10 heteroatoms. The molecule has 2 amide bonds. The molecule has 0 aliphatic heterocycles. The van der Waals surface area contributed by atoms with Crippen LogP contribution in [0.3, 0.4) is 0 Å². The van der Waals surface area contributed by atoms with E-state index in [1.165, 1.54) is 18.2 Å². The van der Waals surface area contributed by atoms with Gasteiger partial charge in [0.05, 0.1) is 6.61 Å². The third kappa shape index (κ3) is 8.01. The standard InChI is InChI=1S/C25H22ClFN2O5S/c1-15-2-7-18(27)14-21(15)29-25(33)34-13-12-22(24(31)32)35-20-10-8-19(9-11-20)28-23(30)16-3-5-17(26)6-4-16/h2-11,14,22H,12-13H2,1H3,(H,28,30)(H,29,33)(H,31,32). The number of thioether (sulfide) groups is 1. The predicted octanol–water partition coefficient (Wildman–Crippen LogP) is 6.22. The summed E-state index contributed by atoms with van der Waals surface area (Å²) in [5, 5.41) is 14.4. The van der Waals surface area contributed by atoms with E-state index in [-0.39, 0.29) is 24.6 Å². The largest absolute Gasteiger partial charge is 0.480 e. The van der Waals surface area contributed by atoms with Crippen LogP contribution in [0.15, 0.2) is 71.6 Å². The van der Waals surface area contributed by atoms with Crippen LogP contribution in [-0.2, 0) is 9.53 Å². The number of carboxylic acids is 1. The molecule has 0 aromatic heterocycles. The predicted molar refractivity (Wildman–Crippen MR) is 134 cm³/mol. The fourth-order valence-electron chi connectivity index (χ4n) is 2.95. The highest BCUT2D eigenvalue weighted by molar-refractivity contribution is 8.00. The van der Waals surface area contributed by atoms with Crippen molar-refractivity contribution in [2.24, 2.45) is 0 Å². The first-order valence-electron chi connectivity index (χ1n) is 10.5. The molecule has 3 N–H and O–H groups in total. The molecule has 7 nitrogen and oxygen atoms in total. The molecule has 182 valence electrons. The average Bonchev–Trinajstić information content (AvgIpc) is 2.82. The van der Waals surface area contributed by atoms with E-state index in [1.807, 2.05) is 0 Å². The van der Waals surface area contributed by atoms with E-state index in [0.29, 0.717) is 26.7 Å². The Morgan fingerprint density at radius 3 is 2.37 bits per heavy atom. The first-order valence-corrected chi connectivity index (χ1v) is 11.7. The van der Waals surface area contributed by atoms with Crippen molar-refractivity contribution in [3.05, 3.63) is 88.7 Å². The second kappa shape index (κ2) is 12.2. The van der Waals surface area contributed by atoms with Gasteiger partial charge in [0.15, 0.2) is 0 Å². The number of carbonyl (C=O) groups excluding carboxylic acids is 2. The third-order valence-corrected chi connectivity index (χ3v) is 6.34. The van der Waals surface area contributed by atoms with Gasteiger partial charge in [-0.15, -0.1) is 11.8 Å². The molecule has 0 spiro atoms. The quantitative estimate of drug-likeness (QED) is 0.291. The van der Waals surface area contributed by atoms with Gasteiger partial charge in [0, 0.05) is 33.3 Å². The van der Waals surface area contributed by atoms with Crippen LogP contribution in [0.2, 0.25) is 5.02 Å². The van der Waals surface area contributed by atoms with Crippen molar-refractivity contribution in [2.75, 3.05) is 17.2 Å². The number of ether oxygens (including phenoxy) is 1. The molecule has 0 bridgehead atoms. The van der Waals surface area contributed by atoms with Crippen LogP contribution in [0, 0.1) is 12.7 Å². The Bertz CT molecular complexity index is 1210. The Morgan fingerprint density at radius 1 is 1.03 bits per heavy atom. The average molecular weight is 517 g/mol. The van der Waals surface area contributed by atoms with Crippen molar-refractivity contribution in [2.45, 2.75) is 23.5 Å². The van der Waals surface area contributed by atoms with Gasteiger partial charge in [-0.3, -0.25) is 14.9 Å². The van der Waals surface area contributed by atoms with Gasteiger partial charge in [0.25, 0.3) is 5.91 Å². The summed E-state index contributed by atoms with van der Waals surface area (Å²) in [5.74, 6) is -1.85. The normalized spacial score (nSPS) is 11.4. The Kier molecular flexibility index (Phi) is 9.11. The van der Waals surface area contributed by atoms with Crippen LogP contribution in [0.1, 0.15) is 22.3 Å². The molecule has 0 aliphatic rings. The van der Waals surface area contributed by atoms with Crippen molar-refractivity contribution in [1.82, 2.24) is 0 Å². The van der Waals surface area contributed by atoms with Crippen LogP contribution in [0.25, 0.3) is 0 Å². The summed E-state index contributed by atoms with van der Waals surface area (Å²) in [6.07, 6.45) is -0.737. The number of carbonyl (C=O) groups is 3. The lowest BCUT2D eigenvalue weighted by Gasteiger charge is -2.14. The summed E-state index contributed by atoms with van der Waals surface area (Å²) in [4.78, 5) is 36.6. The summed E-state index contributed by atoms with van der Waals surface area (Å²) in [7, 11) is 0. The minimum atomic E-state index is -1.06. The van der Waals surface area contributed by atoms with Gasteiger partial charge in [0.1, 0.15) is 11.1 Å². The number of benzene rings is 3. The smallest absolute Gasteiger partial charge is 0.411 e. The van der Waals surface area contributed by atoms with E-state index in [4.69, 9.17) is 16.3 Å². The van der Waals surface area contributed by atoms with E-state index in [2.05, 4.69) is 10.6 Å². The third-order valence-electron chi connectivity index (χ3n) is 4.82. The van der Waals surface area contributed by atoms with Crippen molar-refractivity contribution in [1.29, 1.82) is 0 Å². The number of hydrogen-bond acceptors (Lipinski definition) is 5. The topological polar surface area (TPSA) is 105 Å². The summed E-state index contributed by atoms with van der Waals surface area (Å²) in [6.45, 7) is 1.57. The molecule has 0 aliphatic carbocycles. The molecular formula is C25H22ClFN2O5S. The Morgan fingerprint density at radius 2 is 1.71 bits per heavy atom. The Balaban J connectivity index is 1.50. The van der Waals surface area contributed by atoms with E-state index in [9.17, 15) is 23.9 Å². The van der Waals surface area contributed by atoms with Crippen molar-refractivity contribution >= 4 is 52.7 Å². The molecule has 3 aromatic carbocycles. The Labute approximate surface area is 210 Å². The number of aliphatic carboxylic acids is 1. The maximum atomic E-state index is 13.3. The number of aryl methyl sites for hydroxylation is 1. The number of hydrogen-bond donors (Lipinski definition) is 3. The van der Waals surface area contributed by atoms with Crippen LogP contribution in [-0.4, -0.2) is 34.9 Å². The van der Waals surface area contributed by atoms with E-state index >= 15 is 0 Å². The van der Waals surface area contributed by atoms with Gasteiger partial charge in [-0.25, -0.2) is 9.18 Å². The van der Waals surface area contributed by atoms with Crippen LogP contribution in [0.5, 0.6) is 0 Å². The number of anilines is 2. The second-order valence-electron chi connectivity index (χ2n) is 7.44. The molecule has 0 heterocycles. The lowest BCUT2D eigenvalue weighted by molar-refractivity contribution is -0.136. The summed E-state index contributed by atoms with van der Waals surface area (Å²) in [6, 6.07) is 17.2. The molecule has 3 aromatic rings. The number of carboxylic acid groups (broad SMARTS) is 1. The number of halogens is 2. The lowest BCUT2D eigenvalue weighted by atomic mass is 10.2. The van der Waals surface area contributed by atoms with Gasteiger partial charge in [0.2, 0.25) is 0 Å². The zero-order valence-corrected chi connectivity index (χ0v) is 20.2. The molecule has 0 radical (unpaired) electrons. The SMILES string of the molecule is Cc1ccc(F)cc1NC(=O)OCCC(Sc1ccc(NC(=O)c2ccc(Cl)cc2)cc1)C(=O)O. The van der Waals surface area contributed by atoms with Gasteiger partial charge >= 0.3 is 12.1 Å². The number of amides is 2. The number of rotatable bonds is 9. The highest BCUT2D eigenvalue weighted by Crippen LogP contribution is 2.27. The number of nitrogens with one attached hydrogen (secondary N) is 2. The Hall–Kier alpha value is -3.56. The monoisotopic (exact) mass is 516 g/mol. The fourth-order valence-corrected chi connectivity index (χ4v) is 4.01.